The standard InChI is InChI=1S/C28H25NO5/c1-3-7-20-10-16-25(27(18-20)31-2)32-19-24-15-17-26(34-24)28(30)29-21-11-13-23(14-12-21)33-22-8-5-4-6-9-22/h3-6,8-18H,1,7,19H2,2H3,(H,29,30). The van der Waals surface area contributed by atoms with E-state index >= 15 is 0 Å². The first-order valence-electron chi connectivity index (χ1n) is 10.8. The molecule has 4 aromatic rings. The molecule has 4 rings (SSSR count). The lowest BCUT2D eigenvalue weighted by Gasteiger charge is -2.11. The lowest BCUT2D eigenvalue weighted by atomic mass is 10.1. The van der Waals surface area contributed by atoms with Gasteiger partial charge < -0.3 is 23.9 Å². The number of carbonyl (C=O) groups excluding carboxylic acids is 1. The van der Waals surface area contributed by atoms with Crippen molar-refractivity contribution in [1.29, 1.82) is 0 Å². The number of hydrogen-bond acceptors (Lipinski definition) is 5. The van der Waals surface area contributed by atoms with Gasteiger partial charge in [0.2, 0.25) is 0 Å². The third-order valence-electron chi connectivity index (χ3n) is 4.95. The zero-order valence-corrected chi connectivity index (χ0v) is 18.8. The van der Waals surface area contributed by atoms with Crippen LogP contribution in [0.3, 0.4) is 0 Å². The number of methoxy groups -OCH3 is 1. The van der Waals surface area contributed by atoms with E-state index in [2.05, 4.69) is 11.9 Å². The van der Waals surface area contributed by atoms with E-state index in [0.29, 0.717) is 28.7 Å². The molecule has 0 aliphatic heterocycles. The van der Waals surface area contributed by atoms with Crippen LogP contribution in [0, 0.1) is 0 Å². The van der Waals surface area contributed by atoms with Crippen LogP contribution in [0.1, 0.15) is 21.9 Å². The second-order valence-electron chi connectivity index (χ2n) is 7.43. The first-order chi connectivity index (χ1) is 16.6. The Morgan fingerprint density at radius 3 is 2.44 bits per heavy atom. The highest BCUT2D eigenvalue weighted by molar-refractivity contribution is 6.02. The van der Waals surface area contributed by atoms with Gasteiger partial charge in [0.05, 0.1) is 7.11 Å². The Bertz CT molecular complexity index is 1250. The van der Waals surface area contributed by atoms with Gasteiger partial charge in [0, 0.05) is 5.69 Å². The molecular formula is C28H25NO5. The van der Waals surface area contributed by atoms with Gasteiger partial charge >= 0.3 is 0 Å². The maximum atomic E-state index is 12.6. The quantitative estimate of drug-likeness (QED) is 0.272. The van der Waals surface area contributed by atoms with Crippen LogP contribution in [-0.2, 0) is 13.0 Å². The molecule has 0 bridgehead atoms. The molecule has 6 nitrogen and oxygen atoms in total. The van der Waals surface area contributed by atoms with E-state index in [9.17, 15) is 4.79 Å². The highest BCUT2D eigenvalue weighted by atomic mass is 16.5. The number of amides is 1. The Kier molecular flexibility index (Phi) is 7.30. The molecule has 0 saturated heterocycles. The number of furan rings is 1. The summed E-state index contributed by atoms with van der Waals surface area (Å²) in [6, 6.07) is 25.7. The van der Waals surface area contributed by atoms with Crippen LogP contribution in [0.2, 0.25) is 0 Å². The van der Waals surface area contributed by atoms with Gasteiger partial charge in [-0.1, -0.05) is 30.3 Å². The molecule has 1 heterocycles. The first kappa shape index (κ1) is 22.7. The molecule has 1 aromatic heterocycles. The number of allylic oxidation sites excluding steroid dienone is 1. The molecule has 0 fully saturated rings. The summed E-state index contributed by atoms with van der Waals surface area (Å²) >= 11 is 0. The lowest BCUT2D eigenvalue weighted by molar-refractivity contribution is 0.0992. The Morgan fingerprint density at radius 1 is 0.941 bits per heavy atom. The summed E-state index contributed by atoms with van der Waals surface area (Å²) in [4.78, 5) is 12.6. The average molecular weight is 456 g/mol. The predicted molar refractivity (Wildman–Crippen MR) is 131 cm³/mol. The Morgan fingerprint density at radius 2 is 1.71 bits per heavy atom. The van der Waals surface area contributed by atoms with Crippen LogP contribution >= 0.6 is 0 Å². The van der Waals surface area contributed by atoms with Gasteiger partial charge in [-0.15, -0.1) is 6.58 Å². The van der Waals surface area contributed by atoms with Crippen LogP contribution in [0.5, 0.6) is 23.0 Å². The smallest absolute Gasteiger partial charge is 0.291 e. The predicted octanol–water partition coefficient (Wildman–Crippen LogP) is 6.64. The van der Waals surface area contributed by atoms with E-state index in [1.54, 1.807) is 43.5 Å². The van der Waals surface area contributed by atoms with Gasteiger partial charge in [-0.25, -0.2) is 0 Å². The number of rotatable bonds is 10. The van der Waals surface area contributed by atoms with E-state index in [4.69, 9.17) is 18.6 Å². The maximum Gasteiger partial charge on any atom is 0.291 e. The van der Waals surface area contributed by atoms with Crippen molar-refractivity contribution >= 4 is 11.6 Å². The van der Waals surface area contributed by atoms with Crippen molar-refractivity contribution in [2.24, 2.45) is 0 Å². The molecule has 3 aromatic carbocycles. The van der Waals surface area contributed by atoms with E-state index in [1.807, 2.05) is 54.6 Å². The van der Waals surface area contributed by atoms with Crippen molar-refractivity contribution < 1.29 is 23.4 Å². The molecule has 0 unspecified atom stereocenters. The fourth-order valence-electron chi connectivity index (χ4n) is 3.27. The van der Waals surface area contributed by atoms with E-state index in [1.165, 1.54) is 0 Å². The van der Waals surface area contributed by atoms with Crippen LogP contribution < -0.4 is 19.5 Å². The average Bonchev–Trinajstić information content (AvgIpc) is 3.34. The Hall–Kier alpha value is -4.45. The van der Waals surface area contributed by atoms with Crippen LogP contribution in [0.15, 0.2) is 102 Å². The molecular weight excluding hydrogens is 430 g/mol. The fourth-order valence-corrected chi connectivity index (χ4v) is 3.27. The third kappa shape index (κ3) is 5.86. The number of carbonyl (C=O) groups is 1. The summed E-state index contributed by atoms with van der Waals surface area (Å²) in [5, 5.41) is 2.82. The van der Waals surface area contributed by atoms with Gasteiger partial charge in [0.1, 0.15) is 23.9 Å². The lowest BCUT2D eigenvalue weighted by Crippen LogP contribution is -2.10. The van der Waals surface area contributed by atoms with Crippen molar-refractivity contribution in [2.45, 2.75) is 13.0 Å². The highest BCUT2D eigenvalue weighted by Gasteiger charge is 2.13. The minimum absolute atomic E-state index is 0.163. The van der Waals surface area contributed by atoms with Gasteiger partial charge in [0.25, 0.3) is 5.91 Å². The molecule has 0 saturated carbocycles. The zero-order valence-electron chi connectivity index (χ0n) is 18.8. The molecule has 0 atom stereocenters. The number of para-hydroxylation sites is 1. The summed E-state index contributed by atoms with van der Waals surface area (Å²) in [6.45, 7) is 3.91. The molecule has 172 valence electrons. The normalized spacial score (nSPS) is 10.4. The number of benzene rings is 3. The van der Waals surface area contributed by atoms with Crippen LogP contribution in [-0.4, -0.2) is 13.0 Å². The molecule has 1 N–H and O–H groups in total. The van der Waals surface area contributed by atoms with Crippen molar-refractivity contribution in [2.75, 3.05) is 12.4 Å². The molecule has 1 amide bonds. The highest BCUT2D eigenvalue weighted by Crippen LogP contribution is 2.29. The number of nitrogens with one attached hydrogen (secondary N) is 1. The summed E-state index contributed by atoms with van der Waals surface area (Å²) < 4.78 is 22.7. The summed E-state index contributed by atoms with van der Waals surface area (Å²) in [7, 11) is 1.59. The van der Waals surface area contributed by atoms with E-state index in [-0.39, 0.29) is 18.3 Å². The second kappa shape index (κ2) is 10.9. The summed E-state index contributed by atoms with van der Waals surface area (Å²) in [5.41, 5.74) is 1.71. The molecule has 0 aliphatic carbocycles. The summed E-state index contributed by atoms with van der Waals surface area (Å²) in [6.07, 6.45) is 2.58. The van der Waals surface area contributed by atoms with Crippen molar-refractivity contribution in [3.63, 3.8) is 0 Å². The fraction of sp³-hybridized carbons (Fsp3) is 0.107. The van der Waals surface area contributed by atoms with E-state index < -0.39 is 0 Å². The monoisotopic (exact) mass is 455 g/mol. The summed E-state index contributed by atoms with van der Waals surface area (Å²) in [5.74, 6) is 3.00. The van der Waals surface area contributed by atoms with Crippen molar-refractivity contribution in [1.82, 2.24) is 0 Å². The minimum atomic E-state index is -0.352. The Balaban J connectivity index is 1.33. The van der Waals surface area contributed by atoms with Gasteiger partial charge in [-0.3, -0.25) is 4.79 Å². The maximum absolute atomic E-state index is 12.6. The van der Waals surface area contributed by atoms with E-state index in [0.717, 1.165) is 17.7 Å². The molecule has 6 heteroatoms. The van der Waals surface area contributed by atoms with Gasteiger partial charge in [-0.05, 0) is 72.6 Å². The number of ether oxygens (including phenoxy) is 3. The largest absolute Gasteiger partial charge is 0.493 e. The second-order valence-corrected chi connectivity index (χ2v) is 7.43. The Labute approximate surface area is 198 Å². The topological polar surface area (TPSA) is 69.9 Å². The van der Waals surface area contributed by atoms with Gasteiger partial charge in [0.15, 0.2) is 17.3 Å². The number of anilines is 1. The van der Waals surface area contributed by atoms with Gasteiger partial charge in [-0.2, -0.15) is 0 Å². The molecule has 0 spiro atoms. The molecule has 0 radical (unpaired) electrons. The third-order valence-corrected chi connectivity index (χ3v) is 4.95. The van der Waals surface area contributed by atoms with Crippen LogP contribution in [0.25, 0.3) is 0 Å². The molecule has 34 heavy (non-hydrogen) atoms. The zero-order chi connectivity index (χ0) is 23.8. The first-order valence-corrected chi connectivity index (χ1v) is 10.8. The minimum Gasteiger partial charge on any atom is -0.493 e. The number of hydrogen-bond donors (Lipinski definition) is 1. The van der Waals surface area contributed by atoms with Crippen LogP contribution in [0.4, 0.5) is 5.69 Å². The van der Waals surface area contributed by atoms with Crippen molar-refractivity contribution in [3.05, 3.63) is 115 Å². The molecule has 0 aliphatic rings. The van der Waals surface area contributed by atoms with Crippen molar-refractivity contribution in [3.8, 4) is 23.0 Å². The SMILES string of the molecule is C=CCc1ccc(OCc2ccc(C(=O)Nc3ccc(Oc4ccccc4)cc3)o2)c(OC)c1.